The highest BCUT2D eigenvalue weighted by atomic mass is 32.1. The van der Waals surface area contributed by atoms with E-state index >= 15 is 0 Å². The van der Waals surface area contributed by atoms with Gasteiger partial charge in [-0.1, -0.05) is 0 Å². The van der Waals surface area contributed by atoms with Crippen molar-refractivity contribution in [2.75, 3.05) is 19.0 Å². The summed E-state index contributed by atoms with van der Waals surface area (Å²) in [5.41, 5.74) is 2.98. The number of carbonyl (C=O) groups is 1. The number of hydrogen-bond donors (Lipinski definition) is 0. The molecule has 1 aromatic carbocycles. The van der Waals surface area contributed by atoms with Crippen LogP contribution in [0.25, 0.3) is 0 Å². The second-order valence-corrected chi connectivity index (χ2v) is 4.95. The maximum atomic E-state index is 12.0. The van der Waals surface area contributed by atoms with Crippen molar-refractivity contribution in [3.8, 4) is 0 Å². The van der Waals surface area contributed by atoms with Crippen LogP contribution in [0.1, 0.15) is 15.9 Å². The highest BCUT2D eigenvalue weighted by Gasteiger charge is 2.07. The molecular formula is C14H15NOS. The Balaban J connectivity index is 2.09. The molecule has 0 amide bonds. The van der Waals surface area contributed by atoms with Crippen LogP contribution in [0, 0.1) is 0 Å². The molecule has 0 fully saturated rings. The molecule has 2 nitrogen and oxygen atoms in total. The third-order valence-electron chi connectivity index (χ3n) is 2.65. The van der Waals surface area contributed by atoms with Crippen LogP contribution in [-0.2, 0) is 6.42 Å². The molecule has 0 aliphatic heterocycles. The van der Waals surface area contributed by atoms with Gasteiger partial charge in [0.15, 0.2) is 5.78 Å². The van der Waals surface area contributed by atoms with Crippen molar-refractivity contribution in [2.24, 2.45) is 0 Å². The van der Waals surface area contributed by atoms with Crippen LogP contribution in [0.5, 0.6) is 0 Å². The van der Waals surface area contributed by atoms with E-state index in [0.29, 0.717) is 6.42 Å². The van der Waals surface area contributed by atoms with Crippen LogP contribution < -0.4 is 4.90 Å². The van der Waals surface area contributed by atoms with E-state index in [2.05, 4.69) is 0 Å². The topological polar surface area (TPSA) is 20.3 Å². The SMILES string of the molecule is CN(C)c1ccc(C(=O)Cc2ccsc2)cc1. The Kier molecular flexibility index (Phi) is 3.59. The average Bonchev–Trinajstić information content (AvgIpc) is 2.82. The van der Waals surface area contributed by atoms with Crippen molar-refractivity contribution in [2.45, 2.75) is 6.42 Å². The maximum absolute atomic E-state index is 12.0. The highest BCUT2D eigenvalue weighted by molar-refractivity contribution is 7.08. The molecule has 0 radical (unpaired) electrons. The minimum atomic E-state index is 0.175. The second kappa shape index (κ2) is 5.15. The van der Waals surface area contributed by atoms with Crippen molar-refractivity contribution in [1.29, 1.82) is 0 Å². The molecule has 0 bridgehead atoms. The Morgan fingerprint density at radius 2 is 1.88 bits per heavy atom. The normalized spacial score (nSPS) is 10.2. The second-order valence-electron chi connectivity index (χ2n) is 4.17. The number of ketones is 1. The van der Waals surface area contributed by atoms with Gasteiger partial charge in [-0.25, -0.2) is 0 Å². The Morgan fingerprint density at radius 1 is 1.18 bits per heavy atom. The first-order valence-corrected chi connectivity index (χ1v) is 6.43. The van der Waals surface area contributed by atoms with Gasteiger partial charge in [-0.15, -0.1) is 0 Å². The number of Topliss-reactive ketones (excluding diaryl/α,β-unsaturated/α-hetero) is 1. The summed E-state index contributed by atoms with van der Waals surface area (Å²) in [6.45, 7) is 0. The van der Waals surface area contributed by atoms with Gasteiger partial charge in [0.05, 0.1) is 0 Å². The summed E-state index contributed by atoms with van der Waals surface area (Å²) in [5.74, 6) is 0.175. The monoisotopic (exact) mass is 245 g/mol. The van der Waals surface area contributed by atoms with E-state index in [-0.39, 0.29) is 5.78 Å². The van der Waals surface area contributed by atoms with E-state index in [9.17, 15) is 4.79 Å². The molecule has 0 saturated carbocycles. The van der Waals surface area contributed by atoms with E-state index in [1.807, 2.05) is 60.1 Å². The lowest BCUT2D eigenvalue weighted by Crippen LogP contribution is -2.09. The van der Waals surface area contributed by atoms with Crippen LogP contribution in [0.2, 0.25) is 0 Å². The van der Waals surface area contributed by atoms with E-state index in [1.165, 1.54) is 0 Å². The lowest BCUT2D eigenvalue weighted by Gasteiger charge is -2.12. The molecule has 1 aromatic heterocycles. The van der Waals surface area contributed by atoms with Gasteiger partial charge in [0.2, 0.25) is 0 Å². The van der Waals surface area contributed by atoms with Gasteiger partial charge >= 0.3 is 0 Å². The molecule has 0 aliphatic rings. The van der Waals surface area contributed by atoms with Crippen LogP contribution in [0.15, 0.2) is 41.1 Å². The van der Waals surface area contributed by atoms with E-state index in [1.54, 1.807) is 11.3 Å². The first-order chi connectivity index (χ1) is 8.16. The largest absolute Gasteiger partial charge is 0.378 e. The molecule has 0 N–H and O–H groups in total. The molecule has 1 heterocycles. The molecule has 88 valence electrons. The van der Waals surface area contributed by atoms with Gasteiger partial charge in [-0.2, -0.15) is 11.3 Å². The van der Waals surface area contributed by atoms with Crippen LogP contribution >= 0.6 is 11.3 Å². The third-order valence-corrected chi connectivity index (χ3v) is 3.38. The van der Waals surface area contributed by atoms with Crippen molar-refractivity contribution in [1.82, 2.24) is 0 Å². The lowest BCUT2D eigenvalue weighted by atomic mass is 10.0. The highest BCUT2D eigenvalue weighted by Crippen LogP contribution is 2.15. The fourth-order valence-electron chi connectivity index (χ4n) is 1.63. The summed E-state index contributed by atoms with van der Waals surface area (Å²) in [6, 6.07) is 9.73. The molecule has 2 aromatic rings. The molecule has 2 rings (SSSR count). The van der Waals surface area contributed by atoms with Crippen molar-refractivity contribution >= 4 is 22.8 Å². The van der Waals surface area contributed by atoms with E-state index in [4.69, 9.17) is 0 Å². The van der Waals surface area contributed by atoms with Crippen LogP contribution in [0.3, 0.4) is 0 Å². The Hall–Kier alpha value is -1.61. The zero-order valence-electron chi connectivity index (χ0n) is 10.0. The lowest BCUT2D eigenvalue weighted by molar-refractivity contribution is 0.0993. The fourth-order valence-corrected chi connectivity index (χ4v) is 2.29. The van der Waals surface area contributed by atoms with Crippen LogP contribution in [0.4, 0.5) is 5.69 Å². The Labute approximate surface area is 106 Å². The molecule has 0 saturated heterocycles. The summed E-state index contributed by atoms with van der Waals surface area (Å²) in [4.78, 5) is 14.0. The number of thiophene rings is 1. The smallest absolute Gasteiger partial charge is 0.167 e. The number of anilines is 1. The molecule has 17 heavy (non-hydrogen) atoms. The van der Waals surface area contributed by atoms with Gasteiger partial charge in [-0.05, 0) is 46.7 Å². The molecule has 0 spiro atoms. The van der Waals surface area contributed by atoms with Gasteiger partial charge in [0, 0.05) is 31.8 Å². The number of carbonyl (C=O) groups excluding carboxylic acids is 1. The first-order valence-electron chi connectivity index (χ1n) is 5.48. The average molecular weight is 245 g/mol. The van der Waals surface area contributed by atoms with Crippen molar-refractivity contribution in [3.05, 3.63) is 52.2 Å². The van der Waals surface area contributed by atoms with Gasteiger partial charge < -0.3 is 4.90 Å². The zero-order valence-corrected chi connectivity index (χ0v) is 10.8. The number of benzene rings is 1. The minimum absolute atomic E-state index is 0.175. The number of rotatable bonds is 4. The summed E-state index contributed by atoms with van der Waals surface area (Å²) in [7, 11) is 3.98. The summed E-state index contributed by atoms with van der Waals surface area (Å²) >= 11 is 1.62. The molecular weight excluding hydrogens is 230 g/mol. The van der Waals surface area contributed by atoms with Crippen LogP contribution in [-0.4, -0.2) is 19.9 Å². The maximum Gasteiger partial charge on any atom is 0.167 e. The summed E-state index contributed by atoms with van der Waals surface area (Å²) in [5, 5.41) is 4.02. The summed E-state index contributed by atoms with van der Waals surface area (Å²) in [6.07, 6.45) is 0.491. The number of hydrogen-bond acceptors (Lipinski definition) is 3. The molecule has 0 aliphatic carbocycles. The molecule has 0 atom stereocenters. The fraction of sp³-hybridized carbons (Fsp3) is 0.214. The predicted molar refractivity (Wildman–Crippen MR) is 73.1 cm³/mol. The zero-order chi connectivity index (χ0) is 12.3. The van der Waals surface area contributed by atoms with E-state index in [0.717, 1.165) is 16.8 Å². The van der Waals surface area contributed by atoms with Crippen molar-refractivity contribution in [3.63, 3.8) is 0 Å². The standard InChI is InChI=1S/C14H15NOS/c1-15(2)13-5-3-12(4-6-13)14(16)9-11-7-8-17-10-11/h3-8,10H,9H2,1-2H3. The van der Waals surface area contributed by atoms with E-state index < -0.39 is 0 Å². The first kappa shape index (κ1) is 11.9. The summed E-state index contributed by atoms with van der Waals surface area (Å²) < 4.78 is 0. The van der Waals surface area contributed by atoms with Gasteiger partial charge in [0.1, 0.15) is 0 Å². The Morgan fingerprint density at radius 3 is 2.41 bits per heavy atom. The molecule has 0 unspecified atom stereocenters. The predicted octanol–water partition coefficient (Wildman–Crippen LogP) is 3.24. The molecule has 3 heteroatoms. The van der Waals surface area contributed by atoms with Crippen molar-refractivity contribution < 1.29 is 4.79 Å². The Bertz CT molecular complexity index is 485. The third kappa shape index (κ3) is 2.94. The number of nitrogens with zero attached hydrogens (tertiary/aromatic N) is 1. The quantitative estimate of drug-likeness (QED) is 0.771. The van der Waals surface area contributed by atoms with Gasteiger partial charge in [0.25, 0.3) is 0 Å². The van der Waals surface area contributed by atoms with Gasteiger partial charge in [-0.3, -0.25) is 4.79 Å². The minimum Gasteiger partial charge on any atom is -0.378 e.